The molecule has 2 fully saturated rings. The van der Waals surface area contributed by atoms with E-state index in [9.17, 15) is 4.79 Å². The van der Waals surface area contributed by atoms with Crippen LogP contribution in [0.15, 0.2) is 12.3 Å². The number of hydrogen-bond acceptors (Lipinski definition) is 3. The summed E-state index contributed by atoms with van der Waals surface area (Å²) in [7, 11) is 0. The van der Waals surface area contributed by atoms with E-state index in [1.165, 1.54) is 83.5 Å². The Morgan fingerprint density at radius 2 is 1.44 bits per heavy atom. The lowest BCUT2D eigenvalue weighted by Gasteiger charge is -2.21. The van der Waals surface area contributed by atoms with Crippen LogP contribution in [0.1, 0.15) is 109 Å². The Kier molecular flexibility index (Phi) is 10.5. The lowest BCUT2D eigenvalue weighted by atomic mass is 9.90. The van der Waals surface area contributed by atoms with Crippen molar-refractivity contribution in [2.45, 2.75) is 109 Å². The van der Waals surface area contributed by atoms with Crippen molar-refractivity contribution < 1.29 is 9.53 Å². The number of carbonyl (C=O) groups is 1. The fourth-order valence-corrected chi connectivity index (χ4v) is 4.47. The molecule has 2 rings (SSSR count). The number of nitrogens with two attached hydrogens (primary N) is 1. The monoisotopic (exact) mass is 377 g/mol. The van der Waals surface area contributed by atoms with Crippen molar-refractivity contribution in [2.24, 2.45) is 17.1 Å². The second-order valence-corrected chi connectivity index (χ2v) is 9.04. The highest BCUT2D eigenvalue weighted by molar-refractivity contribution is 5.90. The number of carbonyl (C=O) groups excluding carboxylic acids is 1. The van der Waals surface area contributed by atoms with Gasteiger partial charge in [-0.3, -0.25) is 4.79 Å². The lowest BCUT2D eigenvalue weighted by Crippen LogP contribution is -2.22. The third kappa shape index (κ3) is 8.37. The Morgan fingerprint density at radius 1 is 0.889 bits per heavy atom. The molecule has 156 valence electrons. The molecule has 0 heterocycles. The van der Waals surface area contributed by atoms with Gasteiger partial charge in [0, 0.05) is 25.3 Å². The fourth-order valence-electron chi connectivity index (χ4n) is 4.47. The van der Waals surface area contributed by atoms with Gasteiger partial charge in [0.2, 0.25) is 0 Å². The van der Waals surface area contributed by atoms with Gasteiger partial charge < -0.3 is 10.5 Å². The van der Waals surface area contributed by atoms with Crippen molar-refractivity contribution in [1.29, 1.82) is 0 Å². The zero-order valence-electron chi connectivity index (χ0n) is 17.6. The Bertz CT molecular complexity index is 436. The average Bonchev–Trinajstić information content (AvgIpc) is 3.48. The molecule has 0 aromatic heterocycles. The quantitative estimate of drug-likeness (QED) is 0.321. The van der Waals surface area contributed by atoms with E-state index in [1.54, 1.807) is 0 Å². The van der Waals surface area contributed by atoms with Gasteiger partial charge in [-0.15, -0.1) is 0 Å². The maximum Gasteiger partial charge on any atom is 0.144 e. The Hall–Kier alpha value is -0.830. The highest BCUT2D eigenvalue weighted by atomic mass is 16.5. The van der Waals surface area contributed by atoms with E-state index in [2.05, 4.69) is 6.58 Å². The van der Waals surface area contributed by atoms with Crippen molar-refractivity contribution in [1.82, 2.24) is 0 Å². The summed E-state index contributed by atoms with van der Waals surface area (Å²) in [5.74, 6) is 1.18. The van der Waals surface area contributed by atoms with Crippen molar-refractivity contribution in [3.8, 4) is 0 Å². The first-order valence-corrected chi connectivity index (χ1v) is 11.7. The molecule has 27 heavy (non-hydrogen) atoms. The van der Waals surface area contributed by atoms with Gasteiger partial charge in [-0.05, 0) is 44.4 Å². The zero-order valence-corrected chi connectivity index (χ0v) is 17.6. The van der Waals surface area contributed by atoms with E-state index < -0.39 is 0 Å². The molecule has 2 aliphatic carbocycles. The van der Waals surface area contributed by atoms with Gasteiger partial charge >= 0.3 is 0 Å². The highest BCUT2D eigenvalue weighted by Gasteiger charge is 2.50. The minimum atomic E-state index is -0.319. The van der Waals surface area contributed by atoms with Gasteiger partial charge in [-0.2, -0.15) is 0 Å². The molecule has 0 atom stereocenters. The smallest absolute Gasteiger partial charge is 0.144 e. The van der Waals surface area contributed by atoms with E-state index in [-0.39, 0.29) is 5.41 Å². The summed E-state index contributed by atoms with van der Waals surface area (Å²) in [6.07, 6.45) is 20.9. The van der Waals surface area contributed by atoms with Crippen molar-refractivity contribution in [3.05, 3.63) is 12.3 Å². The van der Waals surface area contributed by atoms with Crippen LogP contribution >= 0.6 is 0 Å². The van der Waals surface area contributed by atoms with E-state index in [1.807, 2.05) is 0 Å². The van der Waals surface area contributed by atoms with E-state index in [0.717, 1.165) is 38.4 Å². The minimum Gasteiger partial charge on any atom is -0.402 e. The van der Waals surface area contributed by atoms with Crippen molar-refractivity contribution in [2.75, 3.05) is 13.2 Å². The molecule has 3 nitrogen and oxygen atoms in total. The summed E-state index contributed by atoms with van der Waals surface area (Å²) in [4.78, 5) is 12.2. The standard InChI is InChI=1S/C24H43NO2/c1-21(25)24(17-18-24)23(26)16-12-7-5-3-2-4-6-8-13-19-27-20-22-14-10-9-11-15-22/h22H,1-20,25H2. The molecule has 0 saturated heterocycles. The number of rotatable bonds is 16. The van der Waals surface area contributed by atoms with Crippen LogP contribution in [0, 0.1) is 11.3 Å². The second-order valence-electron chi connectivity index (χ2n) is 9.04. The summed E-state index contributed by atoms with van der Waals surface area (Å²) in [6, 6.07) is 0. The van der Waals surface area contributed by atoms with Gasteiger partial charge in [0.05, 0.1) is 5.41 Å². The fraction of sp³-hybridized carbons (Fsp3) is 0.875. The maximum atomic E-state index is 12.2. The van der Waals surface area contributed by atoms with E-state index >= 15 is 0 Å². The molecule has 0 radical (unpaired) electrons. The summed E-state index contributed by atoms with van der Waals surface area (Å²) in [5, 5.41) is 0. The zero-order chi connectivity index (χ0) is 19.4. The molecule has 0 aromatic carbocycles. The van der Waals surface area contributed by atoms with Gasteiger partial charge in [0.25, 0.3) is 0 Å². The summed E-state index contributed by atoms with van der Waals surface area (Å²) in [6.45, 7) is 5.75. The number of allylic oxidation sites excluding steroid dienone is 1. The van der Waals surface area contributed by atoms with Crippen LogP contribution in [0.25, 0.3) is 0 Å². The van der Waals surface area contributed by atoms with Crippen molar-refractivity contribution >= 4 is 5.78 Å². The van der Waals surface area contributed by atoms with E-state index in [0.29, 0.717) is 17.9 Å². The lowest BCUT2D eigenvalue weighted by molar-refractivity contribution is -0.123. The largest absolute Gasteiger partial charge is 0.402 e. The molecule has 0 aromatic rings. The SMILES string of the molecule is C=C(N)C1(C(=O)CCCCCCCCCCCOCC2CCCCC2)CC1. The first kappa shape index (κ1) is 22.5. The molecule has 0 bridgehead atoms. The Balaban J connectivity index is 1.29. The number of unbranched alkanes of at least 4 members (excludes halogenated alkanes) is 8. The second kappa shape index (κ2) is 12.6. The minimum absolute atomic E-state index is 0.319. The number of ether oxygens (including phenoxy) is 1. The van der Waals surface area contributed by atoms with Crippen LogP contribution in [0.5, 0.6) is 0 Å². The maximum absolute atomic E-state index is 12.2. The van der Waals surface area contributed by atoms with Crippen LogP contribution in [-0.4, -0.2) is 19.0 Å². The van der Waals surface area contributed by atoms with E-state index in [4.69, 9.17) is 10.5 Å². The van der Waals surface area contributed by atoms with Crippen LogP contribution < -0.4 is 5.73 Å². The van der Waals surface area contributed by atoms with Gasteiger partial charge in [-0.1, -0.05) is 70.8 Å². The van der Waals surface area contributed by atoms with Crippen LogP contribution in [0.3, 0.4) is 0 Å². The molecule has 0 amide bonds. The Morgan fingerprint density at radius 3 is 2.00 bits per heavy atom. The number of hydrogen-bond donors (Lipinski definition) is 1. The van der Waals surface area contributed by atoms with Crippen LogP contribution in [0.4, 0.5) is 0 Å². The number of ketones is 1. The summed E-state index contributed by atoms with van der Waals surface area (Å²) < 4.78 is 5.87. The molecule has 2 N–H and O–H groups in total. The normalized spacial score (nSPS) is 19.1. The van der Waals surface area contributed by atoms with Crippen molar-refractivity contribution in [3.63, 3.8) is 0 Å². The predicted molar refractivity (Wildman–Crippen MR) is 114 cm³/mol. The third-order valence-electron chi connectivity index (χ3n) is 6.67. The molecule has 2 saturated carbocycles. The molecule has 3 heteroatoms. The third-order valence-corrected chi connectivity index (χ3v) is 6.67. The van der Waals surface area contributed by atoms with Gasteiger partial charge in [-0.25, -0.2) is 0 Å². The van der Waals surface area contributed by atoms with Gasteiger partial charge in [0.1, 0.15) is 5.78 Å². The van der Waals surface area contributed by atoms with Gasteiger partial charge in [0.15, 0.2) is 0 Å². The molecular formula is C24H43NO2. The summed E-state index contributed by atoms with van der Waals surface area (Å²) >= 11 is 0. The predicted octanol–water partition coefficient (Wildman–Crippen LogP) is 6.31. The summed E-state index contributed by atoms with van der Waals surface area (Å²) in [5.41, 5.74) is 6.05. The molecular weight excluding hydrogens is 334 g/mol. The van der Waals surface area contributed by atoms with Crippen LogP contribution in [-0.2, 0) is 9.53 Å². The molecule has 0 spiro atoms. The average molecular weight is 378 g/mol. The Labute approximate surface area is 167 Å². The first-order valence-electron chi connectivity index (χ1n) is 11.7. The molecule has 0 aliphatic heterocycles. The molecule has 2 aliphatic rings. The number of Topliss-reactive ketones (excluding diaryl/α,β-unsaturated/α-hetero) is 1. The topological polar surface area (TPSA) is 52.3 Å². The van der Waals surface area contributed by atoms with Crippen LogP contribution in [0.2, 0.25) is 0 Å². The highest BCUT2D eigenvalue weighted by Crippen LogP contribution is 2.51. The first-order chi connectivity index (χ1) is 13.1. The molecule has 0 unspecified atom stereocenters.